The van der Waals surface area contributed by atoms with Crippen molar-refractivity contribution in [3.8, 4) is 0 Å². The largest absolute Gasteiger partial charge is 0.452 e. The number of amides is 1. The lowest BCUT2D eigenvalue weighted by Crippen LogP contribution is -2.29. The molecule has 0 unspecified atom stereocenters. The summed E-state index contributed by atoms with van der Waals surface area (Å²) in [6.07, 6.45) is 1.77. The number of hydrogen-bond donors (Lipinski definition) is 2. The molecule has 4 aromatic rings. The van der Waals surface area contributed by atoms with Crippen LogP contribution in [0.1, 0.15) is 42.9 Å². The molecule has 3 heterocycles. The number of hydrogen-bond acceptors (Lipinski definition) is 5. The Morgan fingerprint density at radius 3 is 2.61 bits per heavy atom. The molecule has 2 atom stereocenters. The second-order valence-corrected chi connectivity index (χ2v) is 11.2. The van der Waals surface area contributed by atoms with Gasteiger partial charge in [-0.25, -0.2) is 0 Å². The summed E-state index contributed by atoms with van der Waals surface area (Å²) in [7, 11) is 0. The molecule has 0 aliphatic carbocycles. The van der Waals surface area contributed by atoms with Crippen molar-refractivity contribution in [3.63, 3.8) is 0 Å². The fourth-order valence-electron chi connectivity index (χ4n) is 4.22. The molecule has 1 aliphatic heterocycles. The molecular weight excluding hydrogens is 536 g/mol. The summed E-state index contributed by atoms with van der Waals surface area (Å²) in [6, 6.07) is 23.1. The molecule has 5 rings (SSSR count). The number of benzene rings is 2. The highest BCUT2D eigenvalue weighted by molar-refractivity contribution is 7.99. The first-order valence-corrected chi connectivity index (χ1v) is 13.9. The number of aryl methyl sites for hydroxylation is 1. The third-order valence-electron chi connectivity index (χ3n) is 6.24. The first-order chi connectivity index (χ1) is 18.3. The number of pyridine rings is 1. The summed E-state index contributed by atoms with van der Waals surface area (Å²) < 4.78 is 6.39. The monoisotopic (exact) mass is 562 g/mol. The number of thiocarbonyl (C=S) groups is 1. The maximum absolute atomic E-state index is 12.2. The van der Waals surface area contributed by atoms with Gasteiger partial charge in [0, 0.05) is 22.7 Å². The van der Waals surface area contributed by atoms with Crippen LogP contribution in [0.5, 0.6) is 0 Å². The van der Waals surface area contributed by atoms with Gasteiger partial charge >= 0.3 is 0 Å². The van der Waals surface area contributed by atoms with E-state index in [1.807, 2.05) is 61.2 Å². The zero-order valence-corrected chi connectivity index (χ0v) is 23.5. The lowest BCUT2D eigenvalue weighted by atomic mass is 10.0. The Balaban J connectivity index is 1.49. The Labute approximate surface area is 236 Å². The molecule has 2 aromatic carbocycles. The molecule has 1 aliphatic rings. The predicted octanol–water partition coefficient (Wildman–Crippen LogP) is 7.56. The van der Waals surface area contributed by atoms with Gasteiger partial charge < -0.3 is 20.0 Å². The van der Waals surface area contributed by atoms with Crippen molar-refractivity contribution in [2.24, 2.45) is 5.92 Å². The fraction of sp³-hybridized carbons (Fsp3) is 0.207. The first kappa shape index (κ1) is 26.3. The van der Waals surface area contributed by atoms with Gasteiger partial charge in [0.05, 0.1) is 22.4 Å². The first-order valence-electron chi connectivity index (χ1n) is 12.3. The van der Waals surface area contributed by atoms with Gasteiger partial charge in [-0.2, -0.15) is 0 Å². The molecule has 1 fully saturated rings. The average Bonchev–Trinajstić information content (AvgIpc) is 3.51. The van der Waals surface area contributed by atoms with Crippen LogP contribution in [0.2, 0.25) is 5.02 Å². The van der Waals surface area contributed by atoms with Crippen LogP contribution in [0.15, 0.2) is 93.4 Å². The smallest absolute Gasteiger partial charge is 0.226 e. The number of halogens is 1. The minimum atomic E-state index is -0.308. The SMILES string of the molecule is Cc1ccc(Sc2ccc([C@H]3[C@H](c4ccccn4)NC(=S)N3c3ccc(NC(=O)C(C)C)c(Cl)c3)o2)cc1. The number of carbonyl (C=O) groups excluding carboxylic acids is 1. The van der Waals surface area contributed by atoms with E-state index in [2.05, 4.69) is 46.8 Å². The molecule has 0 spiro atoms. The van der Waals surface area contributed by atoms with Crippen LogP contribution in [-0.4, -0.2) is 16.0 Å². The Hall–Kier alpha value is -3.33. The van der Waals surface area contributed by atoms with Gasteiger partial charge in [-0.05, 0) is 73.7 Å². The van der Waals surface area contributed by atoms with Crippen molar-refractivity contribution >= 4 is 58.0 Å². The summed E-state index contributed by atoms with van der Waals surface area (Å²) in [5, 5.41) is 8.05. The number of nitrogens with one attached hydrogen (secondary N) is 2. The van der Waals surface area contributed by atoms with Gasteiger partial charge in [0.1, 0.15) is 11.8 Å². The van der Waals surface area contributed by atoms with Gasteiger partial charge in [0.2, 0.25) is 5.91 Å². The van der Waals surface area contributed by atoms with Gasteiger partial charge in [-0.15, -0.1) is 0 Å². The van der Waals surface area contributed by atoms with Crippen molar-refractivity contribution < 1.29 is 9.21 Å². The zero-order valence-electron chi connectivity index (χ0n) is 21.1. The maximum atomic E-state index is 12.2. The number of carbonyl (C=O) groups is 1. The van der Waals surface area contributed by atoms with E-state index in [1.54, 1.807) is 24.0 Å². The predicted molar refractivity (Wildman–Crippen MR) is 157 cm³/mol. The number of aromatic nitrogens is 1. The molecule has 1 saturated heterocycles. The van der Waals surface area contributed by atoms with Crippen LogP contribution in [0.25, 0.3) is 0 Å². The quantitative estimate of drug-likeness (QED) is 0.225. The third-order valence-corrected chi connectivity index (χ3v) is 7.80. The molecule has 9 heteroatoms. The van der Waals surface area contributed by atoms with E-state index in [0.29, 0.717) is 15.8 Å². The molecule has 38 heavy (non-hydrogen) atoms. The molecule has 194 valence electrons. The average molecular weight is 563 g/mol. The van der Waals surface area contributed by atoms with Crippen LogP contribution in [0.4, 0.5) is 11.4 Å². The van der Waals surface area contributed by atoms with E-state index < -0.39 is 0 Å². The minimum Gasteiger partial charge on any atom is -0.452 e. The van der Waals surface area contributed by atoms with Gasteiger partial charge in [-0.1, -0.05) is 61.0 Å². The van der Waals surface area contributed by atoms with E-state index in [0.717, 1.165) is 27.1 Å². The third kappa shape index (κ3) is 5.57. The van der Waals surface area contributed by atoms with E-state index in [4.69, 9.17) is 28.2 Å². The van der Waals surface area contributed by atoms with Crippen LogP contribution in [0.3, 0.4) is 0 Å². The molecule has 0 radical (unpaired) electrons. The Kier molecular flexibility index (Phi) is 7.74. The molecule has 6 nitrogen and oxygen atoms in total. The van der Waals surface area contributed by atoms with Crippen LogP contribution >= 0.6 is 35.6 Å². The Morgan fingerprint density at radius 2 is 1.92 bits per heavy atom. The topological polar surface area (TPSA) is 70.4 Å². The van der Waals surface area contributed by atoms with E-state index in [9.17, 15) is 4.79 Å². The van der Waals surface area contributed by atoms with Gasteiger partial charge in [0.25, 0.3) is 0 Å². The second kappa shape index (κ2) is 11.2. The summed E-state index contributed by atoms with van der Waals surface area (Å²) in [6.45, 7) is 5.74. The zero-order chi connectivity index (χ0) is 26.8. The van der Waals surface area contributed by atoms with E-state index in [-0.39, 0.29) is 23.9 Å². The van der Waals surface area contributed by atoms with E-state index >= 15 is 0 Å². The summed E-state index contributed by atoms with van der Waals surface area (Å²) in [4.78, 5) is 19.9. The van der Waals surface area contributed by atoms with E-state index in [1.165, 1.54) is 5.56 Å². The summed E-state index contributed by atoms with van der Waals surface area (Å²) in [5.74, 6) is 0.492. The minimum absolute atomic E-state index is 0.0969. The highest BCUT2D eigenvalue weighted by Crippen LogP contribution is 2.44. The number of furan rings is 1. The van der Waals surface area contributed by atoms with Gasteiger partial charge in [0.15, 0.2) is 10.2 Å². The number of anilines is 2. The second-order valence-electron chi connectivity index (χ2n) is 9.38. The Bertz CT molecular complexity index is 1460. The fourth-order valence-corrected chi connectivity index (χ4v) is 5.57. The molecule has 1 amide bonds. The molecule has 2 aromatic heterocycles. The van der Waals surface area contributed by atoms with Gasteiger partial charge in [-0.3, -0.25) is 9.78 Å². The standard InChI is InChI=1S/C29H27ClN4O2S2/c1-17(2)28(35)32-22-12-9-19(16-21(22)30)34-27(26(33-29(34)37)23-6-4-5-15-31-23)24-13-14-25(36-24)38-20-10-7-18(3)8-11-20/h4-17,26-27H,1-3H3,(H,32,35)(H,33,37)/t26-,27-/m0/s1. The molecular formula is C29H27ClN4O2S2. The highest BCUT2D eigenvalue weighted by atomic mass is 35.5. The molecule has 2 N–H and O–H groups in total. The normalized spacial score (nSPS) is 17.1. The van der Waals surface area contributed by atoms with Crippen molar-refractivity contribution in [2.45, 2.75) is 42.8 Å². The van der Waals surface area contributed by atoms with Crippen molar-refractivity contribution in [1.82, 2.24) is 10.3 Å². The maximum Gasteiger partial charge on any atom is 0.226 e. The summed E-state index contributed by atoms with van der Waals surface area (Å²) in [5.41, 5.74) is 3.39. The Morgan fingerprint density at radius 1 is 1.13 bits per heavy atom. The lowest BCUT2D eigenvalue weighted by Gasteiger charge is -2.26. The molecule has 0 saturated carbocycles. The van der Waals surface area contributed by atoms with Crippen LogP contribution in [-0.2, 0) is 4.79 Å². The number of rotatable bonds is 7. The van der Waals surface area contributed by atoms with Crippen LogP contribution in [0, 0.1) is 12.8 Å². The molecule has 0 bridgehead atoms. The van der Waals surface area contributed by atoms with Crippen molar-refractivity contribution in [2.75, 3.05) is 10.2 Å². The number of nitrogens with zero attached hydrogens (tertiary/aromatic N) is 2. The van der Waals surface area contributed by atoms with Crippen LogP contribution < -0.4 is 15.5 Å². The lowest BCUT2D eigenvalue weighted by molar-refractivity contribution is -0.118. The summed E-state index contributed by atoms with van der Waals surface area (Å²) >= 11 is 14.0. The van der Waals surface area contributed by atoms with Crippen molar-refractivity contribution in [1.29, 1.82) is 0 Å². The highest BCUT2D eigenvalue weighted by Gasteiger charge is 2.42. The van der Waals surface area contributed by atoms with Crippen molar-refractivity contribution in [3.05, 3.63) is 101 Å².